The molecule has 60 valence electrons. The predicted octanol–water partition coefficient (Wildman–Crippen LogP) is 0.381. The molecule has 0 unspecified atom stereocenters. The smallest absolute Gasteiger partial charge is 0.00777 e. The molecule has 0 aliphatic carbocycles. The van der Waals surface area contributed by atoms with Crippen molar-refractivity contribution in [3.63, 3.8) is 0 Å². The lowest BCUT2D eigenvalue weighted by molar-refractivity contribution is 0.123. The Balaban J connectivity index is 0.000000500. The SMILES string of the molecule is C1CNCC2(C1)CNC2.Cl. The van der Waals surface area contributed by atoms with Gasteiger partial charge < -0.3 is 10.6 Å². The summed E-state index contributed by atoms with van der Waals surface area (Å²) < 4.78 is 0. The molecule has 2 nitrogen and oxygen atoms in total. The van der Waals surface area contributed by atoms with Crippen molar-refractivity contribution in [2.45, 2.75) is 12.8 Å². The van der Waals surface area contributed by atoms with Crippen molar-refractivity contribution >= 4 is 12.4 Å². The van der Waals surface area contributed by atoms with Crippen LogP contribution in [0.15, 0.2) is 0 Å². The fourth-order valence-corrected chi connectivity index (χ4v) is 1.81. The van der Waals surface area contributed by atoms with Crippen LogP contribution in [0.1, 0.15) is 12.8 Å². The molecule has 2 aliphatic rings. The molecular weight excluding hydrogens is 148 g/mol. The maximum atomic E-state index is 3.44. The summed E-state index contributed by atoms with van der Waals surface area (Å²) >= 11 is 0. The summed E-state index contributed by atoms with van der Waals surface area (Å²) in [7, 11) is 0. The van der Waals surface area contributed by atoms with E-state index in [9.17, 15) is 0 Å². The quantitative estimate of drug-likeness (QED) is 0.539. The molecule has 0 aromatic rings. The second-order valence-corrected chi connectivity index (χ2v) is 3.38. The summed E-state index contributed by atoms with van der Waals surface area (Å²) in [5, 5.41) is 6.77. The number of hydrogen-bond donors (Lipinski definition) is 2. The van der Waals surface area contributed by atoms with Crippen LogP contribution >= 0.6 is 12.4 Å². The first-order valence-electron chi connectivity index (χ1n) is 3.83. The highest BCUT2D eigenvalue weighted by Crippen LogP contribution is 2.29. The summed E-state index contributed by atoms with van der Waals surface area (Å²) in [6.07, 6.45) is 2.81. The van der Waals surface area contributed by atoms with Gasteiger partial charge in [0.1, 0.15) is 0 Å². The highest BCUT2D eigenvalue weighted by molar-refractivity contribution is 5.85. The van der Waals surface area contributed by atoms with E-state index in [-0.39, 0.29) is 12.4 Å². The zero-order valence-corrected chi connectivity index (χ0v) is 6.97. The Kier molecular flexibility index (Phi) is 2.55. The van der Waals surface area contributed by atoms with Crippen LogP contribution in [0.4, 0.5) is 0 Å². The summed E-state index contributed by atoms with van der Waals surface area (Å²) in [5.41, 5.74) is 0.679. The van der Waals surface area contributed by atoms with E-state index < -0.39 is 0 Å². The molecule has 0 atom stereocenters. The lowest BCUT2D eigenvalue weighted by Crippen LogP contribution is -2.60. The summed E-state index contributed by atoms with van der Waals surface area (Å²) in [6, 6.07) is 0. The van der Waals surface area contributed by atoms with Crippen LogP contribution in [0.3, 0.4) is 0 Å². The van der Waals surface area contributed by atoms with Crippen LogP contribution < -0.4 is 10.6 Å². The minimum absolute atomic E-state index is 0. The first kappa shape index (κ1) is 8.31. The fraction of sp³-hybridized carbons (Fsp3) is 1.00. The Bertz CT molecular complexity index is 104. The van der Waals surface area contributed by atoms with Gasteiger partial charge in [0.2, 0.25) is 0 Å². The molecule has 0 bridgehead atoms. The summed E-state index contributed by atoms with van der Waals surface area (Å²) in [6.45, 7) is 4.99. The monoisotopic (exact) mass is 162 g/mol. The van der Waals surface area contributed by atoms with Gasteiger partial charge in [-0.25, -0.2) is 0 Å². The average molecular weight is 163 g/mol. The number of nitrogens with one attached hydrogen (secondary N) is 2. The number of rotatable bonds is 0. The Labute approximate surface area is 68.2 Å². The van der Waals surface area contributed by atoms with Crippen LogP contribution in [-0.2, 0) is 0 Å². The largest absolute Gasteiger partial charge is 0.316 e. The highest BCUT2D eigenvalue weighted by atomic mass is 35.5. The maximum absolute atomic E-state index is 3.44. The van der Waals surface area contributed by atoms with Crippen molar-refractivity contribution in [2.75, 3.05) is 26.2 Å². The third kappa shape index (κ3) is 1.29. The van der Waals surface area contributed by atoms with Gasteiger partial charge in [0.25, 0.3) is 0 Å². The molecule has 2 rings (SSSR count). The molecule has 2 fully saturated rings. The van der Waals surface area contributed by atoms with E-state index in [4.69, 9.17) is 0 Å². The van der Waals surface area contributed by atoms with Gasteiger partial charge in [0, 0.05) is 25.0 Å². The van der Waals surface area contributed by atoms with E-state index in [0.29, 0.717) is 5.41 Å². The van der Waals surface area contributed by atoms with Crippen LogP contribution in [0.5, 0.6) is 0 Å². The molecule has 0 amide bonds. The topological polar surface area (TPSA) is 24.1 Å². The molecule has 0 saturated carbocycles. The van der Waals surface area contributed by atoms with Crippen LogP contribution in [0.2, 0.25) is 0 Å². The molecule has 2 saturated heterocycles. The second-order valence-electron chi connectivity index (χ2n) is 3.38. The number of halogens is 1. The van der Waals surface area contributed by atoms with Gasteiger partial charge >= 0.3 is 0 Å². The van der Waals surface area contributed by atoms with E-state index in [1.165, 1.54) is 39.0 Å². The molecule has 2 N–H and O–H groups in total. The van der Waals surface area contributed by atoms with Gasteiger partial charge in [-0.05, 0) is 19.4 Å². The van der Waals surface area contributed by atoms with Crippen molar-refractivity contribution in [2.24, 2.45) is 5.41 Å². The normalized spacial score (nSPS) is 28.8. The van der Waals surface area contributed by atoms with Gasteiger partial charge in [0.05, 0.1) is 0 Å². The van der Waals surface area contributed by atoms with E-state index in [1.54, 1.807) is 0 Å². The van der Waals surface area contributed by atoms with E-state index in [1.807, 2.05) is 0 Å². The molecular formula is C7H15ClN2. The van der Waals surface area contributed by atoms with Gasteiger partial charge in [0.15, 0.2) is 0 Å². The number of hydrogen-bond acceptors (Lipinski definition) is 2. The summed E-state index contributed by atoms with van der Waals surface area (Å²) in [5.74, 6) is 0. The lowest BCUT2D eigenvalue weighted by Gasteiger charge is -2.45. The molecule has 2 heterocycles. The third-order valence-electron chi connectivity index (χ3n) is 2.56. The molecule has 3 heteroatoms. The third-order valence-corrected chi connectivity index (χ3v) is 2.56. The van der Waals surface area contributed by atoms with Gasteiger partial charge in [-0.15, -0.1) is 12.4 Å². The zero-order chi connectivity index (χ0) is 6.16. The average Bonchev–Trinajstić information content (AvgIpc) is 1.87. The Morgan fingerprint density at radius 2 is 1.70 bits per heavy atom. The van der Waals surface area contributed by atoms with E-state index in [2.05, 4.69) is 10.6 Å². The Hall–Kier alpha value is 0.210. The highest BCUT2D eigenvalue weighted by Gasteiger charge is 2.37. The maximum Gasteiger partial charge on any atom is 0.00777 e. The van der Waals surface area contributed by atoms with E-state index >= 15 is 0 Å². The molecule has 0 aromatic heterocycles. The zero-order valence-electron chi connectivity index (χ0n) is 6.15. The van der Waals surface area contributed by atoms with Crippen molar-refractivity contribution in [1.29, 1.82) is 0 Å². The minimum atomic E-state index is 0. The predicted molar refractivity (Wildman–Crippen MR) is 44.7 cm³/mol. The van der Waals surface area contributed by atoms with Crippen molar-refractivity contribution in [1.82, 2.24) is 10.6 Å². The van der Waals surface area contributed by atoms with Crippen LogP contribution in [0.25, 0.3) is 0 Å². The van der Waals surface area contributed by atoms with Gasteiger partial charge in [-0.3, -0.25) is 0 Å². The molecule has 1 spiro atoms. The van der Waals surface area contributed by atoms with Crippen molar-refractivity contribution in [3.8, 4) is 0 Å². The summed E-state index contributed by atoms with van der Waals surface area (Å²) in [4.78, 5) is 0. The fourth-order valence-electron chi connectivity index (χ4n) is 1.81. The van der Waals surface area contributed by atoms with E-state index in [0.717, 1.165) is 0 Å². The first-order chi connectivity index (χ1) is 4.41. The van der Waals surface area contributed by atoms with Gasteiger partial charge in [-0.2, -0.15) is 0 Å². The first-order valence-corrected chi connectivity index (χ1v) is 3.83. The molecule has 10 heavy (non-hydrogen) atoms. The second kappa shape index (κ2) is 3.07. The van der Waals surface area contributed by atoms with Crippen molar-refractivity contribution in [3.05, 3.63) is 0 Å². The van der Waals surface area contributed by atoms with Crippen LogP contribution in [0, 0.1) is 5.41 Å². The molecule has 0 aromatic carbocycles. The lowest BCUT2D eigenvalue weighted by atomic mass is 9.76. The standard InChI is InChI=1S/C7H14N2.ClH/c1-2-7(4-8-3-1)5-9-6-7;/h8-9H,1-6H2;1H. The Morgan fingerprint density at radius 1 is 1.00 bits per heavy atom. The molecule has 0 radical (unpaired) electrons. The van der Waals surface area contributed by atoms with Crippen LogP contribution in [-0.4, -0.2) is 26.2 Å². The minimum Gasteiger partial charge on any atom is -0.316 e. The molecule has 2 aliphatic heterocycles. The van der Waals surface area contributed by atoms with Crippen molar-refractivity contribution < 1.29 is 0 Å². The number of piperidine rings is 1. The van der Waals surface area contributed by atoms with Gasteiger partial charge in [-0.1, -0.05) is 0 Å². The Morgan fingerprint density at radius 3 is 2.00 bits per heavy atom.